The molecule has 1 rings (SSSR count). The van der Waals surface area contributed by atoms with Crippen LogP contribution in [-0.4, -0.2) is 5.78 Å². The minimum atomic E-state index is 0.0808. The molecular formula is C12H16O. The lowest BCUT2D eigenvalue weighted by Gasteiger charge is -2.32. The molecule has 0 saturated carbocycles. The highest BCUT2D eigenvalue weighted by Crippen LogP contribution is 2.39. The summed E-state index contributed by atoms with van der Waals surface area (Å²) in [6.45, 7) is 9.64. The van der Waals surface area contributed by atoms with Gasteiger partial charge in [0.15, 0.2) is 5.78 Å². The molecule has 0 spiro atoms. The fourth-order valence-electron chi connectivity index (χ4n) is 1.81. The lowest BCUT2D eigenvalue weighted by molar-refractivity contribution is -0.115. The molecule has 0 bridgehead atoms. The van der Waals surface area contributed by atoms with E-state index in [-0.39, 0.29) is 11.2 Å². The van der Waals surface area contributed by atoms with Gasteiger partial charge in [0.2, 0.25) is 0 Å². The van der Waals surface area contributed by atoms with Crippen LogP contribution in [0.1, 0.15) is 26.2 Å². The monoisotopic (exact) mass is 176 g/mol. The average molecular weight is 176 g/mol. The molecule has 1 heteroatoms. The van der Waals surface area contributed by atoms with Gasteiger partial charge in [0.25, 0.3) is 0 Å². The highest BCUT2D eigenvalue weighted by molar-refractivity contribution is 5.92. The van der Waals surface area contributed by atoms with Crippen LogP contribution >= 0.6 is 0 Å². The van der Waals surface area contributed by atoms with E-state index >= 15 is 0 Å². The number of carbonyl (C=O) groups is 1. The zero-order chi connectivity index (χ0) is 9.90. The lowest BCUT2D eigenvalue weighted by atomic mass is 9.71. The Kier molecular flexibility index (Phi) is 2.86. The van der Waals surface area contributed by atoms with E-state index in [4.69, 9.17) is 0 Å². The summed E-state index contributed by atoms with van der Waals surface area (Å²) < 4.78 is 0. The van der Waals surface area contributed by atoms with Crippen molar-refractivity contribution in [1.29, 1.82) is 0 Å². The van der Waals surface area contributed by atoms with E-state index in [0.717, 1.165) is 18.4 Å². The van der Waals surface area contributed by atoms with Crippen LogP contribution in [0.3, 0.4) is 0 Å². The minimum absolute atomic E-state index is 0.0808. The largest absolute Gasteiger partial charge is 0.295 e. The van der Waals surface area contributed by atoms with E-state index in [1.165, 1.54) is 0 Å². The second-order valence-corrected chi connectivity index (χ2v) is 3.82. The van der Waals surface area contributed by atoms with Crippen LogP contribution in [0.2, 0.25) is 0 Å². The maximum atomic E-state index is 11.2. The third-order valence-electron chi connectivity index (χ3n) is 2.75. The molecule has 0 aliphatic heterocycles. The van der Waals surface area contributed by atoms with Gasteiger partial charge in [-0.15, -0.1) is 6.58 Å². The van der Waals surface area contributed by atoms with Crippen LogP contribution in [0.25, 0.3) is 0 Å². The first-order valence-corrected chi connectivity index (χ1v) is 4.61. The zero-order valence-corrected chi connectivity index (χ0v) is 8.18. The van der Waals surface area contributed by atoms with Crippen LogP contribution in [0.5, 0.6) is 0 Å². The van der Waals surface area contributed by atoms with Gasteiger partial charge in [-0.2, -0.15) is 0 Å². The molecule has 1 atom stereocenters. The fourth-order valence-corrected chi connectivity index (χ4v) is 1.81. The van der Waals surface area contributed by atoms with Crippen LogP contribution in [0.15, 0.2) is 37.0 Å². The van der Waals surface area contributed by atoms with Crippen LogP contribution in [-0.2, 0) is 4.79 Å². The van der Waals surface area contributed by atoms with Gasteiger partial charge in [0, 0.05) is 6.42 Å². The average Bonchev–Trinajstić information content (AvgIpc) is 2.10. The second kappa shape index (κ2) is 3.73. The smallest absolute Gasteiger partial charge is 0.156 e. The van der Waals surface area contributed by atoms with E-state index in [0.29, 0.717) is 6.42 Å². The second-order valence-electron chi connectivity index (χ2n) is 3.82. The van der Waals surface area contributed by atoms with Gasteiger partial charge in [-0.3, -0.25) is 4.79 Å². The number of carbonyl (C=O) groups excluding carboxylic acids is 1. The number of hydrogen-bond acceptors (Lipinski definition) is 1. The summed E-state index contributed by atoms with van der Waals surface area (Å²) in [7, 11) is 0. The van der Waals surface area contributed by atoms with Gasteiger partial charge < -0.3 is 0 Å². The highest BCUT2D eigenvalue weighted by atomic mass is 16.1. The summed E-state index contributed by atoms with van der Waals surface area (Å²) >= 11 is 0. The van der Waals surface area contributed by atoms with Crippen molar-refractivity contribution in [3.05, 3.63) is 37.0 Å². The molecule has 0 fully saturated rings. The Labute approximate surface area is 79.8 Å². The number of hydrogen-bond donors (Lipinski definition) is 0. The van der Waals surface area contributed by atoms with E-state index in [1.807, 2.05) is 6.08 Å². The molecule has 1 aliphatic rings. The van der Waals surface area contributed by atoms with Gasteiger partial charge in [-0.1, -0.05) is 25.7 Å². The summed E-state index contributed by atoms with van der Waals surface area (Å²) in [5, 5.41) is 0. The minimum Gasteiger partial charge on any atom is -0.295 e. The van der Waals surface area contributed by atoms with Crippen molar-refractivity contribution in [1.82, 2.24) is 0 Å². The van der Waals surface area contributed by atoms with Crippen LogP contribution in [0, 0.1) is 5.41 Å². The SMILES string of the molecule is C=CCC1(C)CCC(=O)C=C1C=C. The van der Waals surface area contributed by atoms with Crippen molar-refractivity contribution in [2.45, 2.75) is 26.2 Å². The molecule has 1 nitrogen and oxygen atoms in total. The van der Waals surface area contributed by atoms with E-state index in [9.17, 15) is 4.79 Å². The number of allylic oxidation sites excluding steroid dienone is 4. The van der Waals surface area contributed by atoms with Crippen LogP contribution < -0.4 is 0 Å². The predicted molar refractivity (Wildman–Crippen MR) is 55.4 cm³/mol. The fraction of sp³-hybridized carbons (Fsp3) is 0.417. The molecule has 0 amide bonds. The lowest BCUT2D eigenvalue weighted by Crippen LogP contribution is -2.23. The molecule has 0 N–H and O–H groups in total. The Balaban J connectivity index is 2.97. The van der Waals surface area contributed by atoms with E-state index in [1.54, 1.807) is 12.2 Å². The summed E-state index contributed by atoms with van der Waals surface area (Å²) in [5.41, 5.74) is 1.14. The summed E-state index contributed by atoms with van der Waals surface area (Å²) in [6, 6.07) is 0. The molecule has 1 unspecified atom stereocenters. The topological polar surface area (TPSA) is 17.1 Å². The normalized spacial score (nSPS) is 28.1. The maximum absolute atomic E-state index is 11.2. The van der Waals surface area contributed by atoms with Crippen LogP contribution in [0.4, 0.5) is 0 Å². The third-order valence-corrected chi connectivity index (χ3v) is 2.75. The van der Waals surface area contributed by atoms with E-state index < -0.39 is 0 Å². The molecule has 0 heterocycles. The van der Waals surface area contributed by atoms with E-state index in [2.05, 4.69) is 20.1 Å². The quantitative estimate of drug-likeness (QED) is 0.604. The van der Waals surface area contributed by atoms with Crippen molar-refractivity contribution in [2.75, 3.05) is 0 Å². The van der Waals surface area contributed by atoms with Gasteiger partial charge >= 0.3 is 0 Å². The summed E-state index contributed by atoms with van der Waals surface area (Å²) in [6.07, 6.45) is 7.91. The highest BCUT2D eigenvalue weighted by Gasteiger charge is 2.30. The standard InChI is InChI=1S/C12H16O/c1-4-7-12(3)8-6-11(13)9-10(12)5-2/h4-5,9H,1-2,6-8H2,3H3. The molecule has 0 radical (unpaired) electrons. The summed E-state index contributed by atoms with van der Waals surface area (Å²) in [4.78, 5) is 11.2. The van der Waals surface area contributed by atoms with Crippen molar-refractivity contribution in [2.24, 2.45) is 5.41 Å². The first kappa shape index (κ1) is 9.97. The Morgan fingerprint density at radius 3 is 2.85 bits per heavy atom. The molecule has 0 saturated heterocycles. The molecule has 0 aromatic rings. The third kappa shape index (κ3) is 1.97. The van der Waals surface area contributed by atoms with Crippen molar-refractivity contribution in [3.8, 4) is 0 Å². The van der Waals surface area contributed by atoms with Gasteiger partial charge in [0.05, 0.1) is 0 Å². The molecule has 0 aromatic heterocycles. The number of ketones is 1. The zero-order valence-electron chi connectivity index (χ0n) is 8.18. The Hall–Kier alpha value is -1.11. The molecule has 13 heavy (non-hydrogen) atoms. The Bertz CT molecular complexity index is 273. The first-order chi connectivity index (χ1) is 6.12. The van der Waals surface area contributed by atoms with Crippen molar-refractivity contribution < 1.29 is 4.79 Å². The van der Waals surface area contributed by atoms with Gasteiger partial charge in [-0.05, 0) is 29.9 Å². The molecule has 1 aliphatic carbocycles. The summed E-state index contributed by atoms with van der Waals surface area (Å²) in [5.74, 6) is 0.219. The first-order valence-electron chi connectivity index (χ1n) is 4.61. The molecular weight excluding hydrogens is 160 g/mol. The number of rotatable bonds is 3. The van der Waals surface area contributed by atoms with Gasteiger partial charge in [-0.25, -0.2) is 0 Å². The van der Waals surface area contributed by atoms with Gasteiger partial charge in [0.1, 0.15) is 0 Å². The Morgan fingerprint density at radius 2 is 2.31 bits per heavy atom. The predicted octanol–water partition coefficient (Wildman–Crippen LogP) is 3.04. The Morgan fingerprint density at radius 1 is 1.62 bits per heavy atom. The maximum Gasteiger partial charge on any atom is 0.156 e. The molecule has 70 valence electrons. The van der Waals surface area contributed by atoms with Crippen molar-refractivity contribution in [3.63, 3.8) is 0 Å². The van der Waals surface area contributed by atoms with Crippen molar-refractivity contribution >= 4 is 5.78 Å². The molecule has 0 aromatic carbocycles.